The van der Waals surface area contributed by atoms with Gasteiger partial charge in [0, 0.05) is 19.0 Å². The number of anilines is 1. The fourth-order valence-corrected chi connectivity index (χ4v) is 6.55. The number of hydrogen-bond donors (Lipinski definition) is 1. The van der Waals surface area contributed by atoms with Crippen LogP contribution in [0.4, 0.5) is 5.69 Å². The molecule has 3 aromatic carbocycles. The summed E-state index contributed by atoms with van der Waals surface area (Å²) in [4.78, 5) is 29.4. The highest BCUT2D eigenvalue weighted by atomic mass is 35.5. The Balaban J connectivity index is 1.74. The molecule has 0 radical (unpaired) electrons. The van der Waals surface area contributed by atoms with Gasteiger partial charge in [0.05, 0.1) is 27.0 Å². The lowest BCUT2D eigenvalue weighted by Crippen LogP contribution is -2.54. The molecule has 41 heavy (non-hydrogen) atoms. The Hall–Kier alpha value is -2.78. The average molecular weight is 637 g/mol. The summed E-state index contributed by atoms with van der Waals surface area (Å²) in [5.74, 6) is -0.840. The smallest absolute Gasteiger partial charge is 0.244 e. The van der Waals surface area contributed by atoms with Crippen molar-refractivity contribution in [1.29, 1.82) is 0 Å². The quantitative estimate of drug-likeness (QED) is 0.257. The van der Waals surface area contributed by atoms with Crippen LogP contribution in [0.25, 0.3) is 0 Å². The van der Waals surface area contributed by atoms with Gasteiger partial charge in [-0.05, 0) is 36.1 Å². The van der Waals surface area contributed by atoms with Crippen LogP contribution in [0.15, 0.2) is 72.8 Å². The van der Waals surface area contributed by atoms with Crippen LogP contribution >= 0.6 is 34.8 Å². The van der Waals surface area contributed by atoms with Crippen LogP contribution in [0.3, 0.4) is 0 Å². The van der Waals surface area contributed by atoms with Crippen LogP contribution in [-0.4, -0.2) is 50.0 Å². The summed E-state index contributed by atoms with van der Waals surface area (Å²) in [5.41, 5.74) is 1.69. The second kappa shape index (κ2) is 13.9. The maximum Gasteiger partial charge on any atom is 0.244 e. The van der Waals surface area contributed by atoms with Gasteiger partial charge in [0.2, 0.25) is 21.8 Å². The standard InChI is InChI=1S/C30H32Cl3N3O4S/c1-41(39,40)36(27-18-25(32)24(31)17-26(27)33)20-29(37)35(19-22-12-6-3-7-13-22)28(16-21-10-4-2-5-11-21)30(38)34-23-14-8-9-15-23/h2-7,10-13,17-18,23,28H,8-9,14-16,19-20H2,1H3,(H,34,38). The highest BCUT2D eigenvalue weighted by Crippen LogP contribution is 2.35. The van der Waals surface area contributed by atoms with Crippen molar-refractivity contribution in [1.82, 2.24) is 10.2 Å². The lowest BCUT2D eigenvalue weighted by molar-refractivity contribution is -0.140. The lowest BCUT2D eigenvalue weighted by Gasteiger charge is -2.34. The normalized spacial score (nSPS) is 14.4. The number of carbonyl (C=O) groups excluding carboxylic acids is 2. The minimum absolute atomic E-state index is 0.0200. The molecule has 0 aliphatic heterocycles. The number of sulfonamides is 1. The molecular weight excluding hydrogens is 605 g/mol. The van der Waals surface area contributed by atoms with Crippen molar-refractivity contribution in [3.05, 3.63) is 99.0 Å². The van der Waals surface area contributed by atoms with Gasteiger partial charge in [-0.3, -0.25) is 13.9 Å². The van der Waals surface area contributed by atoms with Gasteiger partial charge in [0.15, 0.2) is 0 Å². The Morgan fingerprint density at radius 1 is 0.878 bits per heavy atom. The summed E-state index contributed by atoms with van der Waals surface area (Å²) < 4.78 is 26.8. The highest BCUT2D eigenvalue weighted by Gasteiger charge is 2.34. The second-order valence-electron chi connectivity index (χ2n) is 10.2. The fraction of sp³-hybridized carbons (Fsp3) is 0.333. The molecule has 218 valence electrons. The predicted octanol–water partition coefficient (Wildman–Crippen LogP) is 6.11. The van der Waals surface area contributed by atoms with Gasteiger partial charge in [-0.1, -0.05) is 108 Å². The topological polar surface area (TPSA) is 86.8 Å². The number of nitrogens with zero attached hydrogens (tertiary/aromatic N) is 2. The van der Waals surface area contributed by atoms with E-state index in [0.717, 1.165) is 47.4 Å². The van der Waals surface area contributed by atoms with Crippen molar-refractivity contribution in [3.63, 3.8) is 0 Å². The second-order valence-corrected chi connectivity index (χ2v) is 13.3. The van der Waals surface area contributed by atoms with Gasteiger partial charge in [0.25, 0.3) is 0 Å². The zero-order valence-electron chi connectivity index (χ0n) is 22.6. The number of benzene rings is 3. The summed E-state index contributed by atoms with van der Waals surface area (Å²) in [5, 5.41) is 3.40. The third-order valence-electron chi connectivity index (χ3n) is 7.11. The summed E-state index contributed by atoms with van der Waals surface area (Å²) in [7, 11) is -4.00. The van der Waals surface area contributed by atoms with Gasteiger partial charge >= 0.3 is 0 Å². The molecule has 0 heterocycles. The maximum atomic E-state index is 14.2. The first-order chi connectivity index (χ1) is 19.5. The molecule has 0 bridgehead atoms. The van der Waals surface area contributed by atoms with Crippen LogP contribution in [0.5, 0.6) is 0 Å². The van der Waals surface area contributed by atoms with Gasteiger partial charge in [0.1, 0.15) is 12.6 Å². The van der Waals surface area contributed by atoms with Crippen molar-refractivity contribution in [3.8, 4) is 0 Å². The number of halogens is 3. The van der Waals surface area contributed by atoms with E-state index in [0.29, 0.717) is 0 Å². The molecule has 0 spiro atoms. The Bertz CT molecular complexity index is 1470. The van der Waals surface area contributed by atoms with Crippen LogP contribution in [0, 0.1) is 0 Å². The van der Waals surface area contributed by atoms with E-state index in [4.69, 9.17) is 34.8 Å². The first kappa shape index (κ1) is 31.2. The number of amides is 2. The van der Waals surface area contributed by atoms with E-state index in [1.54, 1.807) is 0 Å². The maximum absolute atomic E-state index is 14.2. The number of hydrogen-bond acceptors (Lipinski definition) is 4. The molecule has 1 saturated carbocycles. The zero-order chi connectivity index (χ0) is 29.6. The first-order valence-electron chi connectivity index (χ1n) is 13.3. The largest absolute Gasteiger partial charge is 0.352 e. The Labute approximate surface area is 256 Å². The van der Waals surface area contributed by atoms with E-state index in [2.05, 4.69) is 5.32 Å². The summed E-state index contributed by atoms with van der Waals surface area (Å²) in [6.45, 7) is -0.493. The van der Waals surface area contributed by atoms with E-state index in [1.807, 2.05) is 60.7 Å². The number of rotatable bonds is 11. The van der Waals surface area contributed by atoms with E-state index in [1.165, 1.54) is 17.0 Å². The Morgan fingerprint density at radius 2 is 1.44 bits per heavy atom. The SMILES string of the molecule is CS(=O)(=O)N(CC(=O)N(Cc1ccccc1)C(Cc1ccccc1)C(=O)NC1CCCC1)c1cc(Cl)c(Cl)cc1Cl. The van der Waals surface area contributed by atoms with Crippen LogP contribution in [0.1, 0.15) is 36.8 Å². The van der Waals surface area contributed by atoms with Crippen molar-refractivity contribution < 1.29 is 18.0 Å². The third kappa shape index (κ3) is 8.38. The molecule has 1 fully saturated rings. The van der Waals surface area contributed by atoms with E-state index >= 15 is 0 Å². The molecule has 4 rings (SSSR count). The van der Waals surface area contributed by atoms with Gasteiger partial charge in [-0.15, -0.1) is 0 Å². The molecule has 0 aromatic heterocycles. The molecule has 1 N–H and O–H groups in total. The van der Waals surface area contributed by atoms with E-state index in [-0.39, 0.29) is 45.7 Å². The lowest BCUT2D eigenvalue weighted by atomic mass is 10.0. The van der Waals surface area contributed by atoms with E-state index in [9.17, 15) is 18.0 Å². The molecule has 0 saturated heterocycles. The van der Waals surface area contributed by atoms with Gasteiger partial charge in [-0.25, -0.2) is 8.42 Å². The minimum Gasteiger partial charge on any atom is -0.352 e. The Kier molecular flexibility index (Phi) is 10.6. The van der Waals surface area contributed by atoms with Crippen LogP contribution in [-0.2, 0) is 32.6 Å². The molecule has 11 heteroatoms. The average Bonchev–Trinajstić information content (AvgIpc) is 3.45. The molecule has 1 aliphatic rings. The molecule has 3 aromatic rings. The summed E-state index contributed by atoms with van der Waals surface area (Å²) in [6, 6.07) is 20.5. The fourth-order valence-electron chi connectivity index (χ4n) is 5.00. The van der Waals surface area contributed by atoms with Crippen molar-refractivity contribution in [2.45, 2.75) is 50.7 Å². The van der Waals surface area contributed by atoms with E-state index < -0.39 is 28.5 Å². The molecule has 1 atom stereocenters. The zero-order valence-corrected chi connectivity index (χ0v) is 25.7. The van der Waals surface area contributed by atoms with Gasteiger partial charge < -0.3 is 10.2 Å². The molecule has 2 amide bonds. The minimum atomic E-state index is -4.00. The number of carbonyl (C=O) groups is 2. The predicted molar refractivity (Wildman–Crippen MR) is 165 cm³/mol. The summed E-state index contributed by atoms with van der Waals surface area (Å²) in [6.07, 6.45) is 5.07. The molecule has 1 aliphatic carbocycles. The van der Waals surface area contributed by atoms with Crippen molar-refractivity contribution in [2.75, 3.05) is 17.1 Å². The van der Waals surface area contributed by atoms with Gasteiger partial charge in [-0.2, -0.15) is 0 Å². The monoisotopic (exact) mass is 635 g/mol. The van der Waals surface area contributed by atoms with Crippen LogP contribution in [0.2, 0.25) is 15.1 Å². The molecule has 1 unspecified atom stereocenters. The summed E-state index contributed by atoms with van der Waals surface area (Å²) >= 11 is 18.6. The Morgan fingerprint density at radius 3 is 2.02 bits per heavy atom. The van der Waals surface area contributed by atoms with Crippen molar-refractivity contribution in [2.24, 2.45) is 0 Å². The number of nitrogens with one attached hydrogen (secondary N) is 1. The third-order valence-corrected chi connectivity index (χ3v) is 9.26. The highest BCUT2D eigenvalue weighted by molar-refractivity contribution is 7.92. The molecular formula is C30H32Cl3N3O4S. The molecule has 7 nitrogen and oxygen atoms in total. The first-order valence-corrected chi connectivity index (χ1v) is 16.3. The van der Waals surface area contributed by atoms with Crippen molar-refractivity contribution >= 4 is 62.3 Å². The van der Waals surface area contributed by atoms with Crippen LogP contribution < -0.4 is 9.62 Å².